The highest BCUT2D eigenvalue weighted by molar-refractivity contribution is 9.10. The van der Waals surface area contributed by atoms with Gasteiger partial charge in [-0.2, -0.15) is 0 Å². The topological polar surface area (TPSA) is 37.3 Å². The molecule has 0 unspecified atom stereocenters. The summed E-state index contributed by atoms with van der Waals surface area (Å²) in [4.78, 5) is 11.3. The maximum absolute atomic E-state index is 11.3. The Labute approximate surface area is 124 Å². The molecule has 0 aliphatic heterocycles. The van der Waals surface area contributed by atoms with E-state index >= 15 is 0 Å². The molecule has 0 aromatic heterocycles. The van der Waals surface area contributed by atoms with Crippen LogP contribution < -0.4 is 0 Å². The highest BCUT2D eigenvalue weighted by atomic mass is 79.9. The lowest BCUT2D eigenvalue weighted by atomic mass is 10.0. The van der Waals surface area contributed by atoms with Crippen molar-refractivity contribution in [2.24, 2.45) is 0 Å². The molecule has 0 spiro atoms. The van der Waals surface area contributed by atoms with Crippen molar-refractivity contribution in [2.45, 2.75) is 0 Å². The van der Waals surface area contributed by atoms with Crippen LogP contribution in [0.1, 0.15) is 11.1 Å². The highest BCUT2D eigenvalue weighted by Crippen LogP contribution is 2.21. The second kappa shape index (κ2) is 6.04. The number of carbonyl (C=O) groups is 1. The second-order valence-corrected chi connectivity index (χ2v) is 5.27. The molecule has 2 aromatic rings. The molecule has 4 heteroatoms. The standard InChI is InChI=1S/C15H10BrClO2/c16-12-5-1-10(2-6-12)9-14(15(18)19)11-3-7-13(17)8-4-11/h1-9H,(H,18,19)/b14-9-. The van der Waals surface area contributed by atoms with Gasteiger partial charge in [-0.15, -0.1) is 0 Å². The van der Waals surface area contributed by atoms with Gasteiger partial charge < -0.3 is 5.11 Å². The van der Waals surface area contributed by atoms with Crippen LogP contribution in [0.4, 0.5) is 0 Å². The number of hydrogen-bond donors (Lipinski definition) is 1. The molecule has 0 aliphatic rings. The molecule has 2 rings (SSSR count). The molecule has 0 aliphatic carbocycles. The molecule has 2 nitrogen and oxygen atoms in total. The Kier molecular flexibility index (Phi) is 4.40. The minimum absolute atomic E-state index is 0.235. The van der Waals surface area contributed by atoms with Crippen molar-refractivity contribution < 1.29 is 9.90 Å². The molecule has 0 saturated carbocycles. The monoisotopic (exact) mass is 336 g/mol. The van der Waals surface area contributed by atoms with E-state index in [1.54, 1.807) is 30.3 Å². The summed E-state index contributed by atoms with van der Waals surface area (Å²) in [6.07, 6.45) is 1.64. The molecule has 0 amide bonds. The van der Waals surface area contributed by atoms with Crippen LogP contribution in [0.15, 0.2) is 53.0 Å². The van der Waals surface area contributed by atoms with Crippen LogP contribution in [0, 0.1) is 0 Å². The lowest BCUT2D eigenvalue weighted by Gasteiger charge is -2.03. The SMILES string of the molecule is O=C(O)/C(=C\c1ccc(Br)cc1)c1ccc(Cl)cc1. The van der Waals surface area contributed by atoms with Crippen LogP contribution in [0.25, 0.3) is 11.6 Å². The van der Waals surface area contributed by atoms with Gasteiger partial charge in [-0.25, -0.2) is 4.79 Å². The van der Waals surface area contributed by atoms with Crippen LogP contribution in [-0.2, 0) is 4.79 Å². The average Bonchev–Trinajstić information content (AvgIpc) is 2.39. The van der Waals surface area contributed by atoms with Gasteiger partial charge >= 0.3 is 5.97 Å². The third kappa shape index (κ3) is 3.69. The Morgan fingerprint density at radius 3 is 2.16 bits per heavy atom. The number of benzene rings is 2. The zero-order valence-corrected chi connectivity index (χ0v) is 12.1. The fourth-order valence-electron chi connectivity index (χ4n) is 1.62. The van der Waals surface area contributed by atoms with Crippen LogP contribution in [-0.4, -0.2) is 11.1 Å². The molecular weight excluding hydrogens is 328 g/mol. The van der Waals surface area contributed by atoms with Crippen molar-refractivity contribution in [3.63, 3.8) is 0 Å². The fourth-order valence-corrected chi connectivity index (χ4v) is 2.01. The highest BCUT2D eigenvalue weighted by Gasteiger charge is 2.10. The summed E-state index contributed by atoms with van der Waals surface area (Å²) < 4.78 is 0.952. The van der Waals surface area contributed by atoms with Crippen LogP contribution >= 0.6 is 27.5 Å². The molecule has 0 bridgehead atoms. The third-order valence-corrected chi connectivity index (χ3v) is 3.35. The van der Waals surface area contributed by atoms with Crippen molar-refractivity contribution in [1.82, 2.24) is 0 Å². The van der Waals surface area contributed by atoms with E-state index in [1.807, 2.05) is 24.3 Å². The Morgan fingerprint density at radius 1 is 1.05 bits per heavy atom. The molecular formula is C15H10BrClO2. The van der Waals surface area contributed by atoms with E-state index in [2.05, 4.69) is 15.9 Å². The summed E-state index contributed by atoms with van der Waals surface area (Å²) >= 11 is 9.14. The molecule has 0 atom stereocenters. The first-order valence-electron chi connectivity index (χ1n) is 5.53. The first kappa shape index (κ1) is 13.8. The van der Waals surface area contributed by atoms with E-state index < -0.39 is 5.97 Å². The summed E-state index contributed by atoms with van der Waals surface area (Å²) in [7, 11) is 0. The van der Waals surface area contributed by atoms with Crippen molar-refractivity contribution in [3.8, 4) is 0 Å². The van der Waals surface area contributed by atoms with Gasteiger partial charge in [0.2, 0.25) is 0 Å². The zero-order chi connectivity index (χ0) is 13.8. The number of aliphatic carboxylic acids is 1. The number of rotatable bonds is 3. The lowest BCUT2D eigenvalue weighted by molar-refractivity contribution is -0.130. The number of carboxylic acid groups (broad SMARTS) is 1. The molecule has 96 valence electrons. The molecule has 2 aromatic carbocycles. The summed E-state index contributed by atoms with van der Waals surface area (Å²) in [6, 6.07) is 14.2. The molecule has 1 N–H and O–H groups in total. The Bertz CT molecular complexity index is 616. The summed E-state index contributed by atoms with van der Waals surface area (Å²) in [6.45, 7) is 0. The summed E-state index contributed by atoms with van der Waals surface area (Å²) in [5.74, 6) is -0.967. The summed E-state index contributed by atoms with van der Waals surface area (Å²) in [5, 5.41) is 9.88. The maximum atomic E-state index is 11.3. The van der Waals surface area contributed by atoms with Crippen molar-refractivity contribution in [3.05, 3.63) is 69.2 Å². The van der Waals surface area contributed by atoms with E-state index in [0.29, 0.717) is 10.6 Å². The fraction of sp³-hybridized carbons (Fsp3) is 0. The van der Waals surface area contributed by atoms with E-state index in [9.17, 15) is 9.90 Å². The minimum atomic E-state index is -0.967. The minimum Gasteiger partial charge on any atom is -0.478 e. The predicted octanol–water partition coefficient (Wildman–Crippen LogP) is 4.73. The average molecular weight is 338 g/mol. The smallest absolute Gasteiger partial charge is 0.336 e. The van der Waals surface area contributed by atoms with Crippen LogP contribution in [0.5, 0.6) is 0 Å². The lowest BCUT2D eigenvalue weighted by Crippen LogP contribution is -1.99. The van der Waals surface area contributed by atoms with Crippen molar-refractivity contribution >= 4 is 45.1 Å². The van der Waals surface area contributed by atoms with E-state index in [4.69, 9.17) is 11.6 Å². The molecule has 19 heavy (non-hydrogen) atoms. The Morgan fingerprint density at radius 2 is 1.63 bits per heavy atom. The van der Waals surface area contributed by atoms with E-state index in [1.165, 1.54) is 0 Å². The Hall–Kier alpha value is -1.58. The van der Waals surface area contributed by atoms with Gasteiger partial charge in [0.25, 0.3) is 0 Å². The van der Waals surface area contributed by atoms with Crippen LogP contribution in [0.2, 0.25) is 5.02 Å². The molecule has 0 radical (unpaired) electrons. The maximum Gasteiger partial charge on any atom is 0.336 e. The van der Waals surface area contributed by atoms with E-state index in [0.717, 1.165) is 10.0 Å². The van der Waals surface area contributed by atoms with Gasteiger partial charge in [0.05, 0.1) is 5.57 Å². The quantitative estimate of drug-likeness (QED) is 0.649. The number of carboxylic acids is 1. The molecule has 0 saturated heterocycles. The summed E-state index contributed by atoms with van der Waals surface area (Å²) in [5.41, 5.74) is 1.69. The second-order valence-electron chi connectivity index (χ2n) is 3.92. The van der Waals surface area contributed by atoms with Gasteiger partial charge in [-0.3, -0.25) is 0 Å². The zero-order valence-electron chi connectivity index (χ0n) is 9.81. The van der Waals surface area contributed by atoms with Gasteiger partial charge in [0, 0.05) is 9.50 Å². The number of halogens is 2. The van der Waals surface area contributed by atoms with Gasteiger partial charge in [0.15, 0.2) is 0 Å². The van der Waals surface area contributed by atoms with Crippen LogP contribution in [0.3, 0.4) is 0 Å². The van der Waals surface area contributed by atoms with Gasteiger partial charge in [-0.05, 0) is 41.5 Å². The van der Waals surface area contributed by atoms with E-state index in [-0.39, 0.29) is 5.57 Å². The van der Waals surface area contributed by atoms with Gasteiger partial charge in [0.1, 0.15) is 0 Å². The molecule has 0 fully saturated rings. The van der Waals surface area contributed by atoms with Crippen molar-refractivity contribution in [2.75, 3.05) is 0 Å². The van der Waals surface area contributed by atoms with Gasteiger partial charge in [-0.1, -0.05) is 51.8 Å². The predicted molar refractivity (Wildman–Crippen MR) is 81.1 cm³/mol. The molecule has 0 heterocycles. The first-order valence-corrected chi connectivity index (χ1v) is 6.70. The first-order chi connectivity index (χ1) is 9.06. The largest absolute Gasteiger partial charge is 0.478 e. The van der Waals surface area contributed by atoms with Crippen molar-refractivity contribution in [1.29, 1.82) is 0 Å². The number of hydrogen-bond acceptors (Lipinski definition) is 1. The third-order valence-electron chi connectivity index (χ3n) is 2.57. The normalized spacial score (nSPS) is 11.4. The Balaban J connectivity index is 2.43.